The van der Waals surface area contributed by atoms with Gasteiger partial charge in [-0.25, -0.2) is 0 Å². The minimum Gasteiger partial charge on any atom is -0.455 e. The highest BCUT2D eigenvalue weighted by Crippen LogP contribution is 2.27. The first-order valence-electron chi connectivity index (χ1n) is 6.53. The number of anilines is 1. The van der Waals surface area contributed by atoms with Gasteiger partial charge in [-0.3, -0.25) is 4.98 Å². The van der Waals surface area contributed by atoms with Gasteiger partial charge in [0.25, 0.3) is 0 Å². The summed E-state index contributed by atoms with van der Waals surface area (Å²) < 4.78 is 5.87. The van der Waals surface area contributed by atoms with Crippen LogP contribution in [-0.2, 0) is 12.8 Å². The lowest BCUT2D eigenvalue weighted by molar-refractivity contribution is 0.472. The molecule has 2 N–H and O–H groups in total. The van der Waals surface area contributed by atoms with E-state index in [4.69, 9.17) is 15.7 Å². The maximum atomic E-state index is 8.78. The minimum absolute atomic E-state index is 0.274. The summed E-state index contributed by atoms with van der Waals surface area (Å²) >= 11 is 0. The van der Waals surface area contributed by atoms with E-state index in [9.17, 15) is 0 Å². The molecule has 0 aliphatic carbocycles. The SMILES string of the molecule is CCc1nc(C)ccc1Oc1ccc(N)c(CC#N)c1. The second-order valence-corrected chi connectivity index (χ2v) is 4.55. The highest BCUT2D eigenvalue weighted by atomic mass is 16.5. The van der Waals surface area contributed by atoms with E-state index in [-0.39, 0.29) is 6.42 Å². The van der Waals surface area contributed by atoms with Crippen molar-refractivity contribution in [2.45, 2.75) is 26.7 Å². The van der Waals surface area contributed by atoms with Crippen molar-refractivity contribution in [3.05, 3.63) is 47.3 Å². The molecule has 4 heteroatoms. The van der Waals surface area contributed by atoms with Crippen molar-refractivity contribution in [2.24, 2.45) is 0 Å². The number of nitrogens with two attached hydrogens (primary N) is 1. The highest BCUT2D eigenvalue weighted by molar-refractivity contribution is 5.52. The third-order valence-electron chi connectivity index (χ3n) is 3.02. The van der Waals surface area contributed by atoms with E-state index >= 15 is 0 Å². The van der Waals surface area contributed by atoms with E-state index in [0.29, 0.717) is 11.4 Å². The van der Waals surface area contributed by atoms with Crippen LogP contribution in [0.4, 0.5) is 5.69 Å². The molecule has 20 heavy (non-hydrogen) atoms. The van der Waals surface area contributed by atoms with Crippen molar-refractivity contribution in [1.29, 1.82) is 5.26 Å². The minimum atomic E-state index is 0.274. The van der Waals surface area contributed by atoms with E-state index in [2.05, 4.69) is 11.1 Å². The van der Waals surface area contributed by atoms with Gasteiger partial charge in [-0.15, -0.1) is 0 Å². The summed E-state index contributed by atoms with van der Waals surface area (Å²) in [6.07, 6.45) is 1.08. The molecule has 0 saturated heterocycles. The molecule has 0 fully saturated rings. The molecule has 0 aliphatic heterocycles. The zero-order valence-corrected chi connectivity index (χ0v) is 11.7. The first kappa shape index (κ1) is 13.9. The molecule has 0 atom stereocenters. The molecule has 2 aromatic rings. The molecule has 0 spiro atoms. The number of benzene rings is 1. The average Bonchev–Trinajstić information content (AvgIpc) is 2.44. The number of nitrogen functional groups attached to an aromatic ring is 1. The number of rotatable bonds is 4. The number of nitrogens with zero attached hydrogens (tertiary/aromatic N) is 2. The van der Waals surface area contributed by atoms with Crippen LogP contribution >= 0.6 is 0 Å². The largest absolute Gasteiger partial charge is 0.455 e. The van der Waals surface area contributed by atoms with Gasteiger partial charge in [-0.05, 0) is 49.2 Å². The lowest BCUT2D eigenvalue weighted by Crippen LogP contribution is -1.98. The third-order valence-corrected chi connectivity index (χ3v) is 3.02. The Labute approximate surface area is 118 Å². The Balaban J connectivity index is 2.31. The van der Waals surface area contributed by atoms with Crippen LogP contribution in [0.15, 0.2) is 30.3 Å². The van der Waals surface area contributed by atoms with Crippen molar-refractivity contribution >= 4 is 5.69 Å². The molecule has 0 saturated carbocycles. The molecule has 0 radical (unpaired) electrons. The maximum Gasteiger partial charge on any atom is 0.148 e. The van der Waals surface area contributed by atoms with E-state index in [1.54, 1.807) is 18.2 Å². The number of hydrogen-bond acceptors (Lipinski definition) is 4. The Kier molecular flexibility index (Phi) is 4.21. The van der Waals surface area contributed by atoms with Crippen molar-refractivity contribution < 1.29 is 4.74 Å². The van der Waals surface area contributed by atoms with Gasteiger partial charge >= 0.3 is 0 Å². The molecular weight excluding hydrogens is 250 g/mol. The van der Waals surface area contributed by atoms with Crippen LogP contribution in [0.25, 0.3) is 0 Å². The topological polar surface area (TPSA) is 71.9 Å². The molecule has 0 bridgehead atoms. The Morgan fingerprint density at radius 3 is 2.80 bits per heavy atom. The van der Waals surface area contributed by atoms with Crippen molar-refractivity contribution in [1.82, 2.24) is 4.98 Å². The van der Waals surface area contributed by atoms with Crippen LogP contribution in [0.2, 0.25) is 0 Å². The summed E-state index contributed by atoms with van der Waals surface area (Å²) in [4.78, 5) is 4.46. The standard InChI is InChI=1S/C16H17N3O/c1-3-15-16(7-4-11(2)19-15)20-13-5-6-14(18)12(10-13)8-9-17/h4-7,10H,3,8,18H2,1-2H3. The van der Waals surface area contributed by atoms with Crippen LogP contribution in [0, 0.1) is 18.3 Å². The molecule has 0 amide bonds. The Hall–Kier alpha value is -2.54. The molecule has 2 rings (SSSR count). The zero-order valence-electron chi connectivity index (χ0n) is 11.7. The fraction of sp³-hybridized carbons (Fsp3) is 0.250. The van der Waals surface area contributed by atoms with Crippen LogP contribution in [-0.4, -0.2) is 4.98 Å². The highest BCUT2D eigenvalue weighted by Gasteiger charge is 2.07. The number of ether oxygens (including phenoxy) is 1. The first-order valence-corrected chi connectivity index (χ1v) is 6.53. The van der Waals surface area contributed by atoms with E-state index in [0.717, 1.165) is 29.1 Å². The smallest absolute Gasteiger partial charge is 0.148 e. The van der Waals surface area contributed by atoms with Gasteiger partial charge in [-0.2, -0.15) is 5.26 Å². The van der Waals surface area contributed by atoms with E-state index in [1.807, 2.05) is 26.0 Å². The number of hydrogen-bond donors (Lipinski definition) is 1. The zero-order chi connectivity index (χ0) is 14.5. The molecule has 1 aromatic carbocycles. The van der Waals surface area contributed by atoms with E-state index < -0.39 is 0 Å². The summed E-state index contributed by atoms with van der Waals surface area (Å²) in [7, 11) is 0. The van der Waals surface area contributed by atoms with Crippen molar-refractivity contribution in [3.8, 4) is 17.6 Å². The second kappa shape index (κ2) is 6.07. The normalized spacial score (nSPS) is 10.1. The molecule has 1 heterocycles. The van der Waals surface area contributed by atoms with E-state index in [1.165, 1.54) is 0 Å². The van der Waals surface area contributed by atoms with Crippen LogP contribution in [0.3, 0.4) is 0 Å². The van der Waals surface area contributed by atoms with Gasteiger partial charge in [0.05, 0.1) is 18.2 Å². The molecule has 1 aromatic heterocycles. The quantitative estimate of drug-likeness (QED) is 0.862. The molecule has 0 aliphatic rings. The molecule has 0 unspecified atom stereocenters. The Morgan fingerprint density at radius 2 is 2.10 bits per heavy atom. The number of aromatic nitrogens is 1. The Morgan fingerprint density at radius 1 is 1.30 bits per heavy atom. The monoisotopic (exact) mass is 267 g/mol. The summed E-state index contributed by atoms with van der Waals surface area (Å²) in [5.74, 6) is 1.41. The van der Waals surface area contributed by atoms with Crippen molar-refractivity contribution in [2.75, 3.05) is 5.73 Å². The lowest BCUT2D eigenvalue weighted by atomic mass is 10.1. The van der Waals surface area contributed by atoms with Gasteiger partial charge in [0.15, 0.2) is 0 Å². The van der Waals surface area contributed by atoms with Crippen LogP contribution in [0.5, 0.6) is 11.5 Å². The molecular formula is C16H17N3O. The Bertz CT molecular complexity index is 659. The van der Waals surface area contributed by atoms with Crippen LogP contribution in [0.1, 0.15) is 23.9 Å². The first-order chi connectivity index (χ1) is 9.63. The second-order valence-electron chi connectivity index (χ2n) is 4.55. The van der Waals surface area contributed by atoms with Gasteiger partial charge in [0.1, 0.15) is 11.5 Å². The molecule has 4 nitrogen and oxygen atoms in total. The number of pyridine rings is 1. The summed E-state index contributed by atoms with van der Waals surface area (Å²) in [6, 6.07) is 11.3. The lowest BCUT2D eigenvalue weighted by Gasteiger charge is -2.11. The maximum absolute atomic E-state index is 8.78. The summed E-state index contributed by atoms with van der Waals surface area (Å²) in [5.41, 5.74) is 9.10. The number of nitriles is 1. The average molecular weight is 267 g/mol. The van der Waals surface area contributed by atoms with Crippen molar-refractivity contribution in [3.63, 3.8) is 0 Å². The van der Waals surface area contributed by atoms with Gasteiger partial charge in [0, 0.05) is 11.4 Å². The van der Waals surface area contributed by atoms with Gasteiger partial charge in [-0.1, -0.05) is 6.92 Å². The predicted octanol–water partition coefficient (Wildman–Crippen LogP) is 3.39. The third kappa shape index (κ3) is 3.07. The van der Waals surface area contributed by atoms with Gasteiger partial charge in [0.2, 0.25) is 0 Å². The van der Waals surface area contributed by atoms with Gasteiger partial charge < -0.3 is 10.5 Å². The summed E-state index contributed by atoms with van der Waals surface area (Å²) in [6.45, 7) is 4.00. The number of aryl methyl sites for hydroxylation is 2. The van der Waals surface area contributed by atoms with Crippen LogP contribution < -0.4 is 10.5 Å². The fourth-order valence-corrected chi connectivity index (χ4v) is 1.95. The molecule has 102 valence electrons. The fourth-order valence-electron chi connectivity index (χ4n) is 1.95. The summed E-state index contributed by atoms with van der Waals surface area (Å²) in [5, 5.41) is 8.78. The predicted molar refractivity (Wildman–Crippen MR) is 78.6 cm³/mol.